The number of ether oxygens (including phenoxy) is 1. The molecule has 0 aliphatic rings. The number of hydrogen-bond acceptors (Lipinski definition) is 3. The van der Waals surface area contributed by atoms with Gasteiger partial charge in [-0.1, -0.05) is 12.1 Å². The van der Waals surface area contributed by atoms with E-state index >= 15 is 0 Å². The van der Waals surface area contributed by atoms with Gasteiger partial charge in [-0.25, -0.2) is 0 Å². The molecule has 0 amide bonds. The predicted octanol–water partition coefficient (Wildman–Crippen LogP) is 2.81. The highest BCUT2D eigenvalue weighted by Crippen LogP contribution is 2.13. The monoisotopic (exact) mass is 256 g/mol. The van der Waals surface area contributed by atoms with Gasteiger partial charge in [0.1, 0.15) is 5.75 Å². The molecule has 0 aliphatic carbocycles. The van der Waals surface area contributed by atoms with Crippen molar-refractivity contribution in [2.75, 3.05) is 7.11 Å². The van der Waals surface area contributed by atoms with Crippen LogP contribution in [0.25, 0.3) is 6.08 Å². The van der Waals surface area contributed by atoms with Crippen LogP contribution in [0.5, 0.6) is 5.75 Å². The number of aryl methyl sites for hydroxylation is 1. The van der Waals surface area contributed by atoms with Crippen LogP contribution < -0.4 is 4.74 Å². The van der Waals surface area contributed by atoms with Gasteiger partial charge in [-0.3, -0.25) is 9.48 Å². The van der Waals surface area contributed by atoms with Crippen molar-refractivity contribution < 1.29 is 9.53 Å². The van der Waals surface area contributed by atoms with Crippen LogP contribution in [0.1, 0.15) is 22.8 Å². The Labute approximate surface area is 112 Å². The zero-order valence-corrected chi connectivity index (χ0v) is 11.0. The molecule has 1 aromatic carbocycles. The molecule has 1 aromatic heterocycles. The number of allylic oxidation sites excluding steroid dienone is 1. The molecule has 0 aliphatic heterocycles. The third-order valence-corrected chi connectivity index (χ3v) is 2.76. The van der Waals surface area contributed by atoms with Gasteiger partial charge in [0, 0.05) is 23.9 Å². The first-order valence-corrected chi connectivity index (χ1v) is 6.12. The van der Waals surface area contributed by atoms with Crippen LogP contribution in [0.4, 0.5) is 0 Å². The maximum atomic E-state index is 12.0. The zero-order valence-electron chi connectivity index (χ0n) is 11.0. The van der Waals surface area contributed by atoms with E-state index in [1.807, 2.05) is 23.9 Å². The highest BCUT2D eigenvalue weighted by molar-refractivity contribution is 6.07. The van der Waals surface area contributed by atoms with Gasteiger partial charge in [-0.15, -0.1) is 0 Å². The highest BCUT2D eigenvalue weighted by Gasteiger charge is 2.03. The fourth-order valence-electron chi connectivity index (χ4n) is 1.68. The van der Waals surface area contributed by atoms with Crippen LogP contribution in [0.3, 0.4) is 0 Å². The van der Waals surface area contributed by atoms with Gasteiger partial charge in [0.05, 0.1) is 13.3 Å². The Kier molecular flexibility index (Phi) is 4.13. The standard InChI is InChI=1S/C15H16N2O2/c1-3-17-11-12(10-16-17)7-8-15(18)13-5-4-6-14(9-13)19-2/h4-11H,3H2,1-2H3/b8-7+. The van der Waals surface area contributed by atoms with E-state index in [2.05, 4.69) is 5.10 Å². The summed E-state index contributed by atoms with van der Waals surface area (Å²) in [5, 5.41) is 4.15. The fourth-order valence-corrected chi connectivity index (χ4v) is 1.68. The second-order valence-corrected chi connectivity index (χ2v) is 4.06. The summed E-state index contributed by atoms with van der Waals surface area (Å²) in [6, 6.07) is 7.10. The van der Waals surface area contributed by atoms with E-state index in [1.165, 1.54) is 0 Å². The number of nitrogens with zero attached hydrogens (tertiary/aromatic N) is 2. The van der Waals surface area contributed by atoms with Gasteiger partial charge in [-0.05, 0) is 31.2 Å². The van der Waals surface area contributed by atoms with E-state index in [1.54, 1.807) is 43.7 Å². The normalized spacial score (nSPS) is 10.8. The van der Waals surface area contributed by atoms with Crippen LogP contribution in [-0.2, 0) is 6.54 Å². The lowest BCUT2D eigenvalue weighted by Crippen LogP contribution is -1.94. The van der Waals surface area contributed by atoms with Crippen molar-refractivity contribution in [2.45, 2.75) is 13.5 Å². The van der Waals surface area contributed by atoms with E-state index in [4.69, 9.17) is 4.74 Å². The van der Waals surface area contributed by atoms with Gasteiger partial charge in [-0.2, -0.15) is 5.10 Å². The summed E-state index contributed by atoms with van der Waals surface area (Å²) in [5.41, 5.74) is 1.52. The molecule has 2 aromatic rings. The molecule has 0 radical (unpaired) electrons. The van der Waals surface area contributed by atoms with Gasteiger partial charge in [0.15, 0.2) is 5.78 Å². The van der Waals surface area contributed by atoms with E-state index in [0.717, 1.165) is 12.1 Å². The molecule has 4 nitrogen and oxygen atoms in total. The Morgan fingerprint density at radius 3 is 3.00 bits per heavy atom. The largest absolute Gasteiger partial charge is 0.497 e. The minimum absolute atomic E-state index is 0.0526. The summed E-state index contributed by atoms with van der Waals surface area (Å²) in [7, 11) is 1.58. The molecule has 0 saturated carbocycles. The predicted molar refractivity (Wildman–Crippen MR) is 74.3 cm³/mol. The number of benzene rings is 1. The topological polar surface area (TPSA) is 44.1 Å². The van der Waals surface area contributed by atoms with Crippen LogP contribution in [0.2, 0.25) is 0 Å². The first-order valence-electron chi connectivity index (χ1n) is 6.12. The smallest absolute Gasteiger partial charge is 0.185 e. The minimum Gasteiger partial charge on any atom is -0.497 e. The maximum Gasteiger partial charge on any atom is 0.185 e. The van der Waals surface area contributed by atoms with Gasteiger partial charge in [0.25, 0.3) is 0 Å². The van der Waals surface area contributed by atoms with Gasteiger partial charge >= 0.3 is 0 Å². The van der Waals surface area contributed by atoms with Crippen molar-refractivity contribution in [3.63, 3.8) is 0 Å². The van der Waals surface area contributed by atoms with Crippen molar-refractivity contribution in [3.8, 4) is 5.75 Å². The van der Waals surface area contributed by atoms with E-state index in [0.29, 0.717) is 11.3 Å². The second kappa shape index (κ2) is 6.00. The van der Waals surface area contributed by atoms with Gasteiger partial charge in [0.2, 0.25) is 0 Å². The van der Waals surface area contributed by atoms with Crippen molar-refractivity contribution in [2.24, 2.45) is 0 Å². The Bertz CT molecular complexity index is 600. The molecule has 0 atom stereocenters. The van der Waals surface area contributed by atoms with Crippen LogP contribution in [0, 0.1) is 0 Å². The molecular formula is C15H16N2O2. The number of rotatable bonds is 5. The lowest BCUT2D eigenvalue weighted by atomic mass is 10.1. The molecule has 19 heavy (non-hydrogen) atoms. The number of aromatic nitrogens is 2. The maximum absolute atomic E-state index is 12.0. The number of methoxy groups -OCH3 is 1. The van der Waals surface area contributed by atoms with E-state index in [-0.39, 0.29) is 5.78 Å². The Hall–Kier alpha value is -2.36. The summed E-state index contributed by atoms with van der Waals surface area (Å²) in [6.07, 6.45) is 6.95. The molecule has 1 heterocycles. The lowest BCUT2D eigenvalue weighted by molar-refractivity contribution is 0.104. The zero-order chi connectivity index (χ0) is 13.7. The summed E-state index contributed by atoms with van der Waals surface area (Å²) in [4.78, 5) is 12.0. The molecule has 0 fully saturated rings. The van der Waals surface area contributed by atoms with E-state index < -0.39 is 0 Å². The lowest BCUT2D eigenvalue weighted by Gasteiger charge is -2.00. The third kappa shape index (κ3) is 3.31. The molecule has 0 saturated heterocycles. The molecule has 98 valence electrons. The number of carbonyl (C=O) groups excluding carboxylic acids is 1. The second-order valence-electron chi connectivity index (χ2n) is 4.06. The summed E-state index contributed by atoms with van der Waals surface area (Å²) in [6.45, 7) is 2.83. The molecule has 2 rings (SSSR count). The minimum atomic E-state index is -0.0526. The average molecular weight is 256 g/mol. The first-order chi connectivity index (χ1) is 9.22. The summed E-state index contributed by atoms with van der Waals surface area (Å²) < 4.78 is 6.91. The number of ketones is 1. The van der Waals surface area contributed by atoms with Crippen molar-refractivity contribution in [1.82, 2.24) is 9.78 Å². The van der Waals surface area contributed by atoms with Crippen molar-refractivity contribution in [1.29, 1.82) is 0 Å². The molecule has 0 spiro atoms. The van der Waals surface area contributed by atoms with Crippen LogP contribution >= 0.6 is 0 Å². The van der Waals surface area contributed by atoms with Crippen molar-refractivity contribution in [3.05, 3.63) is 53.9 Å². The fraction of sp³-hybridized carbons (Fsp3) is 0.200. The Morgan fingerprint density at radius 1 is 1.47 bits per heavy atom. The molecular weight excluding hydrogens is 240 g/mol. The SMILES string of the molecule is CCn1cc(/C=C/C(=O)c2cccc(OC)c2)cn1. The summed E-state index contributed by atoms with van der Waals surface area (Å²) >= 11 is 0. The Balaban J connectivity index is 2.11. The Morgan fingerprint density at radius 2 is 2.32 bits per heavy atom. The van der Waals surface area contributed by atoms with Crippen LogP contribution in [-0.4, -0.2) is 22.7 Å². The number of hydrogen-bond donors (Lipinski definition) is 0. The highest BCUT2D eigenvalue weighted by atomic mass is 16.5. The van der Waals surface area contributed by atoms with Crippen LogP contribution in [0.15, 0.2) is 42.7 Å². The number of carbonyl (C=O) groups is 1. The van der Waals surface area contributed by atoms with E-state index in [9.17, 15) is 4.79 Å². The molecule has 4 heteroatoms. The molecule has 0 N–H and O–H groups in total. The first kappa shape index (κ1) is 13.1. The summed E-state index contributed by atoms with van der Waals surface area (Å²) in [5.74, 6) is 0.626. The quantitative estimate of drug-likeness (QED) is 0.610. The molecule has 0 bridgehead atoms. The van der Waals surface area contributed by atoms with Gasteiger partial charge < -0.3 is 4.74 Å². The molecule has 0 unspecified atom stereocenters. The third-order valence-electron chi connectivity index (χ3n) is 2.76. The average Bonchev–Trinajstić information content (AvgIpc) is 2.93. The van der Waals surface area contributed by atoms with Crippen molar-refractivity contribution >= 4 is 11.9 Å².